The summed E-state index contributed by atoms with van der Waals surface area (Å²) in [4.78, 5) is 12.5. The zero-order chi connectivity index (χ0) is 10.8. The summed E-state index contributed by atoms with van der Waals surface area (Å²) in [6.07, 6.45) is 3.24. The highest BCUT2D eigenvalue weighted by Crippen LogP contribution is 2.32. The van der Waals surface area contributed by atoms with Gasteiger partial charge in [-0.15, -0.1) is 5.10 Å². The standard InChI is InChI=1S/C10H15N3OS/c1-3-8-9(15-13-12-8)10(14)11-6(2)7-4-5-7/h6-7H,3-5H2,1-2H3,(H,11,14)/t6-/m1/s1. The molecule has 1 amide bonds. The summed E-state index contributed by atoms with van der Waals surface area (Å²) < 4.78 is 3.81. The van der Waals surface area contributed by atoms with E-state index >= 15 is 0 Å². The van der Waals surface area contributed by atoms with Crippen LogP contribution in [0.1, 0.15) is 42.1 Å². The van der Waals surface area contributed by atoms with Gasteiger partial charge in [0, 0.05) is 6.04 Å². The molecule has 0 saturated heterocycles. The topological polar surface area (TPSA) is 54.9 Å². The fraction of sp³-hybridized carbons (Fsp3) is 0.700. The molecule has 1 fully saturated rings. The zero-order valence-corrected chi connectivity index (χ0v) is 9.80. The van der Waals surface area contributed by atoms with Crippen molar-refractivity contribution in [3.8, 4) is 0 Å². The van der Waals surface area contributed by atoms with Crippen molar-refractivity contribution >= 4 is 17.4 Å². The van der Waals surface area contributed by atoms with Crippen molar-refractivity contribution in [1.82, 2.24) is 14.9 Å². The normalized spacial score (nSPS) is 17.5. The Labute approximate surface area is 93.2 Å². The van der Waals surface area contributed by atoms with Crippen molar-refractivity contribution in [1.29, 1.82) is 0 Å². The van der Waals surface area contributed by atoms with E-state index in [1.54, 1.807) is 0 Å². The van der Waals surface area contributed by atoms with Gasteiger partial charge in [0.25, 0.3) is 5.91 Å². The van der Waals surface area contributed by atoms with E-state index in [1.807, 2.05) is 6.92 Å². The van der Waals surface area contributed by atoms with Gasteiger partial charge in [-0.3, -0.25) is 4.79 Å². The van der Waals surface area contributed by atoms with E-state index in [-0.39, 0.29) is 11.9 Å². The van der Waals surface area contributed by atoms with Gasteiger partial charge >= 0.3 is 0 Å². The van der Waals surface area contributed by atoms with E-state index in [0.29, 0.717) is 10.8 Å². The molecular weight excluding hydrogens is 210 g/mol. The zero-order valence-electron chi connectivity index (χ0n) is 8.99. The summed E-state index contributed by atoms with van der Waals surface area (Å²) in [5, 5.41) is 6.94. The minimum atomic E-state index is -0.0127. The van der Waals surface area contributed by atoms with Crippen LogP contribution in [-0.4, -0.2) is 21.5 Å². The van der Waals surface area contributed by atoms with Crippen molar-refractivity contribution in [3.05, 3.63) is 10.6 Å². The highest BCUT2D eigenvalue weighted by atomic mass is 32.1. The quantitative estimate of drug-likeness (QED) is 0.847. The third-order valence-corrected chi connectivity index (χ3v) is 3.55. The number of rotatable bonds is 4. The monoisotopic (exact) mass is 225 g/mol. The lowest BCUT2D eigenvalue weighted by atomic mass is 10.2. The van der Waals surface area contributed by atoms with Gasteiger partial charge in [0.1, 0.15) is 4.88 Å². The molecule has 0 unspecified atom stereocenters. The van der Waals surface area contributed by atoms with Crippen LogP contribution in [-0.2, 0) is 6.42 Å². The summed E-state index contributed by atoms with van der Waals surface area (Å²) >= 11 is 1.18. The van der Waals surface area contributed by atoms with Gasteiger partial charge in [-0.25, -0.2) is 0 Å². The Hall–Kier alpha value is -0.970. The van der Waals surface area contributed by atoms with Crippen LogP contribution in [0.2, 0.25) is 0 Å². The summed E-state index contributed by atoms with van der Waals surface area (Å²) in [6.45, 7) is 4.05. The maximum absolute atomic E-state index is 11.8. The van der Waals surface area contributed by atoms with E-state index in [4.69, 9.17) is 0 Å². The van der Waals surface area contributed by atoms with E-state index in [1.165, 1.54) is 24.4 Å². The molecule has 0 aliphatic heterocycles. The van der Waals surface area contributed by atoms with Crippen LogP contribution in [0.3, 0.4) is 0 Å². The number of hydrogen-bond donors (Lipinski definition) is 1. The lowest BCUT2D eigenvalue weighted by molar-refractivity contribution is 0.0939. The molecule has 5 heteroatoms. The molecule has 0 spiro atoms. The molecule has 1 aliphatic carbocycles. The van der Waals surface area contributed by atoms with Crippen molar-refractivity contribution in [3.63, 3.8) is 0 Å². The Morgan fingerprint density at radius 3 is 3.00 bits per heavy atom. The SMILES string of the molecule is CCc1nnsc1C(=O)N[C@H](C)C1CC1. The fourth-order valence-electron chi connectivity index (χ4n) is 1.60. The van der Waals surface area contributed by atoms with Gasteiger partial charge in [0.15, 0.2) is 0 Å². The van der Waals surface area contributed by atoms with Crippen molar-refractivity contribution < 1.29 is 4.79 Å². The molecule has 1 heterocycles. The first-order chi connectivity index (χ1) is 7.22. The molecular formula is C10H15N3OS. The molecule has 0 radical (unpaired) electrons. The third kappa shape index (κ3) is 2.34. The van der Waals surface area contributed by atoms with E-state index < -0.39 is 0 Å². The highest BCUT2D eigenvalue weighted by Gasteiger charge is 2.29. The first-order valence-electron chi connectivity index (χ1n) is 5.34. The average Bonchev–Trinajstić information content (AvgIpc) is 2.96. The molecule has 4 nitrogen and oxygen atoms in total. The van der Waals surface area contributed by atoms with Crippen LogP contribution >= 0.6 is 11.5 Å². The Morgan fingerprint density at radius 2 is 2.40 bits per heavy atom. The molecule has 2 rings (SSSR count). The molecule has 1 N–H and O–H groups in total. The van der Waals surface area contributed by atoms with E-state index in [2.05, 4.69) is 21.8 Å². The smallest absolute Gasteiger partial charge is 0.265 e. The first kappa shape index (κ1) is 10.5. The Kier molecular flexibility index (Phi) is 3.00. The molecule has 0 aromatic carbocycles. The maximum Gasteiger partial charge on any atom is 0.265 e. The lowest BCUT2D eigenvalue weighted by Crippen LogP contribution is -2.34. The van der Waals surface area contributed by atoms with Gasteiger partial charge in [0.2, 0.25) is 0 Å². The minimum Gasteiger partial charge on any atom is -0.349 e. The number of aryl methyl sites for hydroxylation is 1. The Bertz CT molecular complexity index is 359. The summed E-state index contributed by atoms with van der Waals surface area (Å²) in [7, 11) is 0. The van der Waals surface area contributed by atoms with Crippen LogP contribution in [0.5, 0.6) is 0 Å². The largest absolute Gasteiger partial charge is 0.349 e. The molecule has 1 aromatic rings. The van der Waals surface area contributed by atoms with Gasteiger partial charge in [-0.1, -0.05) is 11.4 Å². The molecule has 1 atom stereocenters. The summed E-state index contributed by atoms with van der Waals surface area (Å²) in [5.41, 5.74) is 0.806. The predicted octanol–water partition coefficient (Wildman–Crippen LogP) is 1.63. The molecule has 1 aromatic heterocycles. The highest BCUT2D eigenvalue weighted by molar-refractivity contribution is 7.08. The van der Waals surface area contributed by atoms with Crippen LogP contribution in [0.15, 0.2) is 0 Å². The number of carbonyl (C=O) groups is 1. The van der Waals surface area contributed by atoms with Crippen LogP contribution in [0.4, 0.5) is 0 Å². The second-order valence-electron chi connectivity index (χ2n) is 4.00. The van der Waals surface area contributed by atoms with Gasteiger partial charge in [0.05, 0.1) is 5.69 Å². The van der Waals surface area contributed by atoms with Gasteiger partial charge < -0.3 is 5.32 Å². The second-order valence-corrected chi connectivity index (χ2v) is 4.76. The fourth-order valence-corrected chi connectivity index (χ4v) is 2.25. The molecule has 1 aliphatic rings. The molecule has 15 heavy (non-hydrogen) atoms. The summed E-state index contributed by atoms with van der Waals surface area (Å²) in [6, 6.07) is 0.282. The average molecular weight is 225 g/mol. The van der Waals surface area contributed by atoms with Gasteiger partial charge in [-0.05, 0) is 43.6 Å². The maximum atomic E-state index is 11.8. The molecule has 82 valence electrons. The summed E-state index contributed by atoms with van der Waals surface area (Å²) in [5.74, 6) is 0.668. The number of hydrogen-bond acceptors (Lipinski definition) is 4. The van der Waals surface area contributed by atoms with Crippen molar-refractivity contribution in [2.75, 3.05) is 0 Å². The number of amides is 1. The predicted molar refractivity (Wildman–Crippen MR) is 58.9 cm³/mol. The van der Waals surface area contributed by atoms with Crippen molar-refractivity contribution in [2.45, 2.75) is 39.2 Å². The molecule has 1 saturated carbocycles. The number of aromatic nitrogens is 2. The molecule has 0 bridgehead atoms. The number of carbonyl (C=O) groups excluding carboxylic acids is 1. The van der Waals surface area contributed by atoms with Crippen LogP contribution < -0.4 is 5.32 Å². The van der Waals surface area contributed by atoms with E-state index in [9.17, 15) is 4.79 Å². The van der Waals surface area contributed by atoms with E-state index in [0.717, 1.165) is 12.1 Å². The van der Waals surface area contributed by atoms with Crippen LogP contribution in [0, 0.1) is 5.92 Å². The Balaban J connectivity index is 2.00. The first-order valence-corrected chi connectivity index (χ1v) is 6.11. The number of nitrogens with zero attached hydrogens (tertiary/aromatic N) is 2. The van der Waals surface area contributed by atoms with Crippen LogP contribution in [0.25, 0.3) is 0 Å². The van der Waals surface area contributed by atoms with Crippen molar-refractivity contribution in [2.24, 2.45) is 5.92 Å². The third-order valence-electron chi connectivity index (χ3n) is 2.78. The number of nitrogens with one attached hydrogen (secondary N) is 1. The van der Waals surface area contributed by atoms with Gasteiger partial charge in [-0.2, -0.15) is 0 Å². The Morgan fingerprint density at radius 1 is 1.67 bits per heavy atom. The minimum absolute atomic E-state index is 0.0127. The lowest BCUT2D eigenvalue weighted by Gasteiger charge is -2.11. The second kappa shape index (κ2) is 4.26.